The van der Waals surface area contributed by atoms with Crippen LogP contribution in [-0.4, -0.2) is 18.8 Å². The Balaban J connectivity index is 2.27. The van der Waals surface area contributed by atoms with Gasteiger partial charge in [-0.25, -0.2) is 13.2 Å². The number of hydrogen-bond donors (Lipinski definition) is 0. The highest BCUT2D eigenvalue weighted by Crippen LogP contribution is 2.63. The van der Waals surface area contributed by atoms with E-state index >= 15 is 0 Å². The van der Waals surface area contributed by atoms with Gasteiger partial charge in [0.2, 0.25) is 0 Å². The molecule has 1 aliphatic carbocycles. The first-order chi connectivity index (χ1) is 11.3. The van der Waals surface area contributed by atoms with E-state index in [4.69, 9.17) is 4.74 Å². The highest BCUT2D eigenvalue weighted by molar-refractivity contribution is 5.84. The Hall–Kier alpha value is -2.30. The molecule has 2 nitrogen and oxygen atoms in total. The Labute approximate surface area is 138 Å². The van der Waals surface area contributed by atoms with Crippen LogP contribution in [0, 0.1) is 5.82 Å². The largest absolute Gasteiger partial charge is 0.493 e. The standard InChI is InChI=1S/C19H17F3O2/c1-3-24-16-9-12(10-23)8-15(18(2)11-19(18,21)22)17(16)13-4-6-14(20)7-5-13/h4-10H,3,11H2,1-2H3. The van der Waals surface area contributed by atoms with Crippen molar-refractivity contribution in [1.82, 2.24) is 0 Å². The lowest BCUT2D eigenvalue weighted by atomic mass is 9.87. The first-order valence-electron chi connectivity index (χ1n) is 7.72. The van der Waals surface area contributed by atoms with Gasteiger partial charge in [0.05, 0.1) is 12.0 Å². The smallest absolute Gasteiger partial charge is 0.258 e. The molecule has 1 fully saturated rings. The van der Waals surface area contributed by atoms with Crippen molar-refractivity contribution in [3.8, 4) is 16.9 Å². The zero-order valence-electron chi connectivity index (χ0n) is 13.4. The van der Waals surface area contributed by atoms with Crippen molar-refractivity contribution in [2.75, 3.05) is 6.61 Å². The van der Waals surface area contributed by atoms with Crippen LogP contribution in [0.2, 0.25) is 0 Å². The SMILES string of the molecule is CCOc1cc(C=O)cc(C2(C)CC2(F)F)c1-c1ccc(F)cc1. The average molecular weight is 334 g/mol. The molecule has 0 bridgehead atoms. The van der Waals surface area contributed by atoms with Crippen molar-refractivity contribution in [3.63, 3.8) is 0 Å². The monoisotopic (exact) mass is 334 g/mol. The summed E-state index contributed by atoms with van der Waals surface area (Å²) in [6, 6.07) is 8.62. The average Bonchev–Trinajstić information content (AvgIpc) is 3.07. The normalized spacial score (nSPS) is 21.4. The van der Waals surface area contributed by atoms with E-state index < -0.39 is 17.2 Å². The summed E-state index contributed by atoms with van der Waals surface area (Å²) in [6.45, 7) is 3.57. The Morgan fingerprint density at radius 2 is 1.83 bits per heavy atom. The second-order valence-corrected chi connectivity index (χ2v) is 6.21. The molecular weight excluding hydrogens is 317 g/mol. The number of halogens is 3. The summed E-state index contributed by atoms with van der Waals surface area (Å²) in [5, 5.41) is 0. The lowest BCUT2D eigenvalue weighted by molar-refractivity contribution is 0.0919. The van der Waals surface area contributed by atoms with Crippen LogP contribution >= 0.6 is 0 Å². The van der Waals surface area contributed by atoms with Crippen molar-refractivity contribution < 1.29 is 22.7 Å². The van der Waals surface area contributed by atoms with Crippen LogP contribution in [0.3, 0.4) is 0 Å². The minimum Gasteiger partial charge on any atom is -0.493 e. The van der Waals surface area contributed by atoms with Crippen LogP contribution < -0.4 is 4.74 Å². The third kappa shape index (κ3) is 2.58. The number of benzene rings is 2. The van der Waals surface area contributed by atoms with Crippen molar-refractivity contribution in [2.24, 2.45) is 0 Å². The second-order valence-electron chi connectivity index (χ2n) is 6.21. The van der Waals surface area contributed by atoms with E-state index in [9.17, 15) is 18.0 Å². The van der Waals surface area contributed by atoms with E-state index in [-0.39, 0.29) is 12.0 Å². The minimum absolute atomic E-state index is 0.281. The highest BCUT2D eigenvalue weighted by atomic mass is 19.3. The molecule has 0 aromatic heterocycles. The summed E-state index contributed by atoms with van der Waals surface area (Å²) in [6.07, 6.45) is 0.326. The maximum Gasteiger partial charge on any atom is 0.258 e. The molecule has 1 saturated carbocycles. The molecule has 24 heavy (non-hydrogen) atoms. The number of aldehydes is 1. The molecule has 0 saturated heterocycles. The number of carbonyl (C=O) groups excluding carboxylic acids is 1. The Bertz CT molecular complexity index is 784. The van der Waals surface area contributed by atoms with Gasteiger partial charge in [0.15, 0.2) is 0 Å². The predicted molar refractivity (Wildman–Crippen MR) is 85.3 cm³/mol. The van der Waals surface area contributed by atoms with Gasteiger partial charge in [-0.05, 0) is 49.2 Å². The number of hydrogen-bond acceptors (Lipinski definition) is 2. The van der Waals surface area contributed by atoms with E-state index in [0.29, 0.717) is 35.3 Å². The third-order valence-corrected chi connectivity index (χ3v) is 4.55. The molecular formula is C19H17F3O2. The van der Waals surface area contributed by atoms with Crippen molar-refractivity contribution in [1.29, 1.82) is 0 Å². The topological polar surface area (TPSA) is 26.3 Å². The Morgan fingerprint density at radius 1 is 1.21 bits per heavy atom. The van der Waals surface area contributed by atoms with E-state index in [1.807, 2.05) is 0 Å². The zero-order chi connectivity index (χ0) is 17.5. The van der Waals surface area contributed by atoms with Crippen LogP contribution in [0.25, 0.3) is 11.1 Å². The molecule has 0 amide bonds. The van der Waals surface area contributed by atoms with E-state index in [2.05, 4.69) is 0 Å². The van der Waals surface area contributed by atoms with Gasteiger partial charge in [0.1, 0.15) is 17.9 Å². The Morgan fingerprint density at radius 3 is 2.33 bits per heavy atom. The number of ether oxygens (including phenoxy) is 1. The molecule has 3 rings (SSSR count). The van der Waals surface area contributed by atoms with Crippen LogP contribution in [0.1, 0.15) is 36.2 Å². The molecule has 0 spiro atoms. The van der Waals surface area contributed by atoms with Gasteiger partial charge < -0.3 is 4.74 Å². The van der Waals surface area contributed by atoms with Crippen LogP contribution in [0.5, 0.6) is 5.75 Å². The molecule has 1 aliphatic rings. The molecule has 0 radical (unpaired) electrons. The van der Waals surface area contributed by atoms with Crippen molar-refractivity contribution in [3.05, 3.63) is 53.3 Å². The third-order valence-electron chi connectivity index (χ3n) is 4.55. The first kappa shape index (κ1) is 16.6. The zero-order valence-corrected chi connectivity index (χ0v) is 13.4. The summed E-state index contributed by atoms with van der Waals surface area (Å²) < 4.78 is 46.8. The predicted octanol–water partition coefficient (Wildman–Crippen LogP) is 5.00. The molecule has 1 atom stereocenters. The maximum absolute atomic E-state index is 14.0. The molecule has 0 N–H and O–H groups in total. The van der Waals surface area contributed by atoms with Crippen LogP contribution in [0.15, 0.2) is 36.4 Å². The molecule has 2 aromatic rings. The fourth-order valence-electron chi connectivity index (χ4n) is 3.02. The maximum atomic E-state index is 14.0. The van der Waals surface area contributed by atoms with Crippen LogP contribution in [-0.2, 0) is 5.41 Å². The Kier molecular flexibility index (Phi) is 3.90. The van der Waals surface area contributed by atoms with Gasteiger partial charge in [-0.2, -0.15) is 0 Å². The molecule has 126 valence electrons. The lowest BCUT2D eigenvalue weighted by Crippen LogP contribution is -2.14. The lowest BCUT2D eigenvalue weighted by Gasteiger charge is -2.21. The molecule has 5 heteroatoms. The van der Waals surface area contributed by atoms with Crippen molar-refractivity contribution >= 4 is 6.29 Å². The van der Waals surface area contributed by atoms with Gasteiger partial charge in [0, 0.05) is 17.5 Å². The van der Waals surface area contributed by atoms with Gasteiger partial charge in [-0.15, -0.1) is 0 Å². The second kappa shape index (κ2) is 5.65. The number of carbonyl (C=O) groups is 1. The van der Waals surface area contributed by atoms with E-state index in [0.717, 1.165) is 0 Å². The van der Waals surface area contributed by atoms with Gasteiger partial charge in [-0.1, -0.05) is 12.1 Å². The first-order valence-corrected chi connectivity index (χ1v) is 7.72. The van der Waals surface area contributed by atoms with E-state index in [1.54, 1.807) is 6.92 Å². The molecule has 2 aromatic carbocycles. The summed E-state index contributed by atoms with van der Waals surface area (Å²) in [5.41, 5.74) is 0.343. The van der Waals surface area contributed by atoms with E-state index in [1.165, 1.54) is 43.3 Å². The molecule has 0 heterocycles. The molecule has 0 aliphatic heterocycles. The van der Waals surface area contributed by atoms with Gasteiger partial charge in [0.25, 0.3) is 5.92 Å². The quantitative estimate of drug-likeness (QED) is 0.719. The summed E-state index contributed by atoms with van der Waals surface area (Å²) in [5.74, 6) is -2.90. The fraction of sp³-hybridized carbons (Fsp3) is 0.316. The van der Waals surface area contributed by atoms with Gasteiger partial charge >= 0.3 is 0 Å². The summed E-state index contributed by atoms with van der Waals surface area (Å²) in [4.78, 5) is 11.2. The summed E-state index contributed by atoms with van der Waals surface area (Å²) in [7, 11) is 0. The molecule has 1 unspecified atom stereocenters. The fourth-order valence-corrected chi connectivity index (χ4v) is 3.02. The van der Waals surface area contributed by atoms with Gasteiger partial charge in [-0.3, -0.25) is 4.79 Å². The number of rotatable bonds is 5. The summed E-state index contributed by atoms with van der Waals surface area (Å²) >= 11 is 0. The minimum atomic E-state index is -2.84. The highest BCUT2D eigenvalue weighted by Gasteiger charge is 2.69. The van der Waals surface area contributed by atoms with Crippen molar-refractivity contribution in [2.45, 2.75) is 31.6 Å². The van der Waals surface area contributed by atoms with Crippen LogP contribution in [0.4, 0.5) is 13.2 Å². The number of alkyl halides is 2.